The molecule has 0 spiro atoms. The molecular weight excluding hydrogens is 361 g/mol. The van der Waals surface area contributed by atoms with Gasteiger partial charge in [0.15, 0.2) is 0 Å². The molecule has 0 rings (SSSR count). The van der Waals surface area contributed by atoms with Crippen molar-refractivity contribution in [3.8, 4) is 0 Å². The van der Waals surface area contributed by atoms with E-state index >= 15 is 0 Å². The van der Waals surface area contributed by atoms with Gasteiger partial charge in [-0.2, -0.15) is 0 Å². The maximum Gasteiger partial charge on any atom is 0.0351 e. The number of nitrogens with zero attached hydrogens (tertiary/aromatic N) is 1. The summed E-state index contributed by atoms with van der Waals surface area (Å²) in [6.07, 6.45) is 19.9. The van der Waals surface area contributed by atoms with Crippen molar-refractivity contribution < 1.29 is 0 Å². The average Bonchev–Trinajstić information content (AvgIpc) is 2.55. The largest absolute Gasteiger partial charge is 0.301 e. The fourth-order valence-electron chi connectivity index (χ4n) is 3.10. The standard InChI is InChI=1S/C20H41Cl2N.ClH/c1-2-3-4-5-6-7-8-9-10-11-12-13-14-15-18-23(19-16-21)20-17-22;/h2-20H2,1H3;1H. The van der Waals surface area contributed by atoms with E-state index < -0.39 is 0 Å². The first-order valence-electron chi connectivity index (χ1n) is 10.2. The molecule has 0 aromatic carbocycles. The molecule has 0 atom stereocenters. The van der Waals surface area contributed by atoms with Gasteiger partial charge in [-0.1, -0.05) is 90.4 Å². The zero-order valence-corrected chi connectivity index (χ0v) is 18.4. The van der Waals surface area contributed by atoms with E-state index in [4.69, 9.17) is 23.2 Å². The zero-order chi connectivity index (χ0) is 17.0. The number of hydrogen-bond acceptors (Lipinski definition) is 1. The smallest absolute Gasteiger partial charge is 0.0351 e. The van der Waals surface area contributed by atoms with Gasteiger partial charge in [0.25, 0.3) is 0 Å². The summed E-state index contributed by atoms with van der Waals surface area (Å²) in [4.78, 5) is 2.39. The van der Waals surface area contributed by atoms with Crippen LogP contribution in [-0.2, 0) is 0 Å². The van der Waals surface area contributed by atoms with Crippen LogP contribution in [0.2, 0.25) is 0 Å². The molecule has 0 radical (unpaired) electrons. The summed E-state index contributed by atoms with van der Waals surface area (Å²) in [7, 11) is 0. The van der Waals surface area contributed by atoms with E-state index in [-0.39, 0.29) is 12.4 Å². The summed E-state index contributed by atoms with van der Waals surface area (Å²) in [5, 5.41) is 0. The second kappa shape index (κ2) is 23.8. The van der Waals surface area contributed by atoms with Crippen molar-refractivity contribution >= 4 is 35.6 Å². The lowest BCUT2D eigenvalue weighted by Gasteiger charge is -2.19. The van der Waals surface area contributed by atoms with Crippen molar-refractivity contribution in [3.63, 3.8) is 0 Å². The first-order chi connectivity index (χ1) is 11.3. The first-order valence-corrected chi connectivity index (χ1v) is 11.3. The molecule has 0 amide bonds. The number of alkyl halides is 2. The summed E-state index contributed by atoms with van der Waals surface area (Å²) in [6, 6.07) is 0. The number of hydrogen-bond donors (Lipinski definition) is 0. The quantitative estimate of drug-likeness (QED) is 0.158. The zero-order valence-electron chi connectivity index (χ0n) is 16.0. The van der Waals surface area contributed by atoms with Gasteiger partial charge in [0.05, 0.1) is 0 Å². The molecule has 148 valence electrons. The predicted octanol–water partition coefficient (Wildman–Crippen LogP) is 7.67. The van der Waals surface area contributed by atoms with Gasteiger partial charge in [0, 0.05) is 24.8 Å². The fraction of sp³-hybridized carbons (Fsp3) is 1.00. The minimum absolute atomic E-state index is 0. The van der Waals surface area contributed by atoms with Crippen LogP contribution in [0.15, 0.2) is 0 Å². The molecule has 24 heavy (non-hydrogen) atoms. The summed E-state index contributed by atoms with van der Waals surface area (Å²) >= 11 is 11.6. The van der Waals surface area contributed by atoms with Crippen LogP contribution >= 0.6 is 35.6 Å². The summed E-state index contributed by atoms with van der Waals surface area (Å²) < 4.78 is 0. The van der Waals surface area contributed by atoms with E-state index in [0.29, 0.717) is 0 Å². The van der Waals surface area contributed by atoms with Gasteiger partial charge >= 0.3 is 0 Å². The van der Waals surface area contributed by atoms with Crippen molar-refractivity contribution in [1.29, 1.82) is 0 Å². The lowest BCUT2D eigenvalue weighted by Crippen LogP contribution is -2.28. The molecule has 0 aromatic rings. The number of rotatable bonds is 19. The van der Waals surface area contributed by atoms with Crippen LogP contribution < -0.4 is 0 Å². The van der Waals surface area contributed by atoms with Crippen LogP contribution in [0.5, 0.6) is 0 Å². The number of unbranched alkanes of at least 4 members (excludes halogenated alkanes) is 13. The van der Waals surface area contributed by atoms with Crippen molar-refractivity contribution in [2.45, 2.75) is 96.8 Å². The molecule has 0 aliphatic heterocycles. The summed E-state index contributed by atoms with van der Waals surface area (Å²) in [5.41, 5.74) is 0. The van der Waals surface area contributed by atoms with Gasteiger partial charge in [-0.3, -0.25) is 0 Å². The van der Waals surface area contributed by atoms with Crippen molar-refractivity contribution in [3.05, 3.63) is 0 Å². The van der Waals surface area contributed by atoms with E-state index in [1.54, 1.807) is 0 Å². The van der Waals surface area contributed by atoms with Gasteiger partial charge in [0.2, 0.25) is 0 Å². The molecule has 1 nitrogen and oxygen atoms in total. The Balaban J connectivity index is 0. The molecule has 4 heteroatoms. The maximum atomic E-state index is 5.81. The van der Waals surface area contributed by atoms with Crippen LogP contribution in [0.3, 0.4) is 0 Å². The van der Waals surface area contributed by atoms with E-state index in [1.807, 2.05) is 0 Å². The minimum atomic E-state index is 0. The second-order valence-corrected chi connectivity index (χ2v) is 7.57. The molecule has 0 saturated heterocycles. The Morgan fingerprint density at radius 2 is 0.833 bits per heavy atom. The lowest BCUT2D eigenvalue weighted by molar-refractivity contribution is 0.298. The lowest BCUT2D eigenvalue weighted by atomic mass is 10.0. The fourth-order valence-corrected chi connectivity index (χ4v) is 3.58. The Hall–Kier alpha value is 0.830. The molecule has 0 bridgehead atoms. The van der Waals surface area contributed by atoms with Crippen LogP contribution in [0.4, 0.5) is 0 Å². The molecule has 0 fully saturated rings. The first kappa shape index (κ1) is 27.1. The van der Waals surface area contributed by atoms with Gasteiger partial charge < -0.3 is 4.90 Å². The van der Waals surface area contributed by atoms with Crippen molar-refractivity contribution in [1.82, 2.24) is 4.90 Å². The minimum Gasteiger partial charge on any atom is -0.301 e. The molecule has 0 aromatic heterocycles. The second-order valence-electron chi connectivity index (χ2n) is 6.82. The van der Waals surface area contributed by atoms with Crippen LogP contribution in [0.25, 0.3) is 0 Å². The van der Waals surface area contributed by atoms with Crippen LogP contribution in [0, 0.1) is 0 Å². The third kappa shape index (κ3) is 20.9. The van der Waals surface area contributed by atoms with Crippen molar-refractivity contribution in [2.75, 3.05) is 31.4 Å². The Labute approximate surface area is 168 Å². The Morgan fingerprint density at radius 3 is 1.17 bits per heavy atom. The molecule has 0 aliphatic carbocycles. The van der Waals surface area contributed by atoms with E-state index in [0.717, 1.165) is 31.4 Å². The highest BCUT2D eigenvalue weighted by atomic mass is 35.5. The molecule has 0 saturated carbocycles. The predicted molar refractivity (Wildman–Crippen MR) is 115 cm³/mol. The molecule has 0 unspecified atom stereocenters. The highest BCUT2D eigenvalue weighted by Gasteiger charge is 2.02. The number of halogens is 3. The van der Waals surface area contributed by atoms with Gasteiger partial charge in [-0.15, -0.1) is 35.6 Å². The summed E-state index contributed by atoms with van der Waals surface area (Å²) in [5.74, 6) is 1.44. The van der Waals surface area contributed by atoms with Crippen LogP contribution in [-0.4, -0.2) is 36.3 Å². The van der Waals surface area contributed by atoms with Gasteiger partial charge in [-0.25, -0.2) is 0 Å². The average molecular weight is 403 g/mol. The third-order valence-corrected chi connectivity index (χ3v) is 4.97. The van der Waals surface area contributed by atoms with Crippen molar-refractivity contribution in [2.24, 2.45) is 0 Å². The van der Waals surface area contributed by atoms with E-state index in [9.17, 15) is 0 Å². The third-order valence-electron chi connectivity index (χ3n) is 4.63. The van der Waals surface area contributed by atoms with Crippen LogP contribution in [0.1, 0.15) is 96.8 Å². The Bertz CT molecular complexity index is 209. The van der Waals surface area contributed by atoms with Gasteiger partial charge in [-0.05, 0) is 13.0 Å². The molecular formula is C20H42Cl3N. The summed E-state index contributed by atoms with van der Waals surface area (Å²) in [6.45, 7) is 5.41. The normalized spacial score (nSPS) is 11.0. The van der Waals surface area contributed by atoms with E-state index in [1.165, 1.54) is 89.9 Å². The monoisotopic (exact) mass is 401 g/mol. The highest BCUT2D eigenvalue weighted by molar-refractivity contribution is 6.18. The molecule has 0 heterocycles. The maximum absolute atomic E-state index is 5.81. The topological polar surface area (TPSA) is 3.24 Å². The van der Waals surface area contributed by atoms with Gasteiger partial charge in [0.1, 0.15) is 0 Å². The van der Waals surface area contributed by atoms with E-state index in [2.05, 4.69) is 11.8 Å². The Kier molecular flexibility index (Phi) is 26.9. The molecule has 0 aliphatic rings. The molecule has 0 N–H and O–H groups in total. The Morgan fingerprint density at radius 1 is 0.500 bits per heavy atom. The highest BCUT2D eigenvalue weighted by Crippen LogP contribution is 2.13. The SMILES string of the molecule is CCCCCCCCCCCCCCCCN(CCCl)CCCl.Cl.